The molecule has 0 aliphatic heterocycles. The quantitative estimate of drug-likeness (QED) is 0.364. The summed E-state index contributed by atoms with van der Waals surface area (Å²) in [5.74, 6) is 0. The molecule has 1 aromatic rings. The summed E-state index contributed by atoms with van der Waals surface area (Å²) >= 11 is 0. The summed E-state index contributed by atoms with van der Waals surface area (Å²) in [5.41, 5.74) is 3.56. The molecule has 1 rings (SSSR count). The Morgan fingerprint density at radius 3 is 2.33 bits per heavy atom. The molecule has 0 saturated carbocycles. The molecular formula is C17H24O. The molecule has 0 heterocycles. The molecule has 0 fully saturated rings. The van der Waals surface area contributed by atoms with E-state index in [4.69, 9.17) is 0 Å². The maximum absolute atomic E-state index is 10.4. The highest BCUT2D eigenvalue weighted by Crippen LogP contribution is 2.15. The number of benzene rings is 1. The number of carbonyl (C=O) groups excluding carboxylic acids is 1. The van der Waals surface area contributed by atoms with Crippen LogP contribution < -0.4 is 0 Å². The van der Waals surface area contributed by atoms with Crippen molar-refractivity contribution < 1.29 is 4.79 Å². The largest absolute Gasteiger partial charge is 0.299 e. The lowest BCUT2D eigenvalue weighted by Crippen LogP contribution is -1.87. The van der Waals surface area contributed by atoms with Gasteiger partial charge in [0.25, 0.3) is 0 Å². The Labute approximate surface area is 111 Å². The van der Waals surface area contributed by atoms with Gasteiger partial charge in [0.2, 0.25) is 0 Å². The van der Waals surface area contributed by atoms with E-state index >= 15 is 0 Å². The van der Waals surface area contributed by atoms with Crippen molar-refractivity contribution in [3.05, 3.63) is 41.5 Å². The maximum Gasteiger partial charge on any atom is 0.143 e. The van der Waals surface area contributed by atoms with Crippen molar-refractivity contribution >= 4 is 11.9 Å². The Morgan fingerprint density at radius 2 is 1.72 bits per heavy atom. The van der Waals surface area contributed by atoms with Crippen molar-refractivity contribution in [2.24, 2.45) is 0 Å². The van der Waals surface area contributed by atoms with Crippen LogP contribution >= 0.6 is 0 Å². The summed E-state index contributed by atoms with van der Waals surface area (Å²) in [4.78, 5) is 10.4. The third kappa shape index (κ3) is 5.31. The second kappa shape index (κ2) is 8.68. The molecule has 1 nitrogen and oxygen atoms in total. The van der Waals surface area contributed by atoms with Gasteiger partial charge in [-0.25, -0.2) is 0 Å². The Bertz CT molecular complexity index is 373. The molecular weight excluding hydrogens is 220 g/mol. The van der Waals surface area contributed by atoms with E-state index in [1.165, 1.54) is 44.1 Å². The minimum atomic E-state index is 0.844. The third-order valence-corrected chi connectivity index (χ3v) is 3.30. The molecule has 1 heteroatoms. The normalized spacial score (nSPS) is 11.6. The van der Waals surface area contributed by atoms with Crippen molar-refractivity contribution in [2.75, 3.05) is 0 Å². The van der Waals surface area contributed by atoms with Crippen LogP contribution in [0.4, 0.5) is 0 Å². The summed E-state index contributed by atoms with van der Waals surface area (Å²) < 4.78 is 0. The van der Waals surface area contributed by atoms with Gasteiger partial charge in [-0.3, -0.25) is 4.79 Å². The SMILES string of the molecule is CCCCCCCc1ccc(C(C)=CC=O)cc1. The van der Waals surface area contributed by atoms with Crippen LogP contribution in [-0.2, 0) is 11.2 Å². The van der Waals surface area contributed by atoms with Gasteiger partial charge >= 0.3 is 0 Å². The van der Waals surface area contributed by atoms with Crippen LogP contribution in [0.1, 0.15) is 57.1 Å². The fourth-order valence-corrected chi connectivity index (χ4v) is 2.07. The monoisotopic (exact) mass is 244 g/mol. The van der Waals surface area contributed by atoms with Gasteiger partial charge in [0.15, 0.2) is 0 Å². The first-order valence-corrected chi connectivity index (χ1v) is 6.99. The predicted octanol–water partition coefficient (Wildman–Crippen LogP) is 4.80. The Balaban J connectivity index is 2.41. The maximum atomic E-state index is 10.4. The lowest BCUT2D eigenvalue weighted by molar-refractivity contribution is -0.104. The number of aryl methyl sites for hydroxylation is 1. The van der Waals surface area contributed by atoms with Crippen LogP contribution in [0, 0.1) is 0 Å². The first-order valence-electron chi connectivity index (χ1n) is 6.99. The summed E-state index contributed by atoms with van der Waals surface area (Å²) in [6, 6.07) is 8.57. The molecule has 0 saturated heterocycles. The topological polar surface area (TPSA) is 17.1 Å². The summed E-state index contributed by atoms with van der Waals surface area (Å²) in [7, 11) is 0. The van der Waals surface area contributed by atoms with Crippen molar-refractivity contribution in [1.29, 1.82) is 0 Å². The van der Waals surface area contributed by atoms with Gasteiger partial charge in [0, 0.05) is 0 Å². The number of hydrogen-bond donors (Lipinski definition) is 0. The first kappa shape index (κ1) is 14.7. The van der Waals surface area contributed by atoms with E-state index in [0.717, 1.165) is 17.4 Å². The number of unbranched alkanes of at least 4 members (excludes halogenated alkanes) is 4. The first-order chi connectivity index (χ1) is 8.77. The van der Waals surface area contributed by atoms with Gasteiger partial charge < -0.3 is 0 Å². The van der Waals surface area contributed by atoms with Gasteiger partial charge in [-0.1, -0.05) is 56.9 Å². The highest BCUT2D eigenvalue weighted by molar-refractivity contribution is 5.80. The van der Waals surface area contributed by atoms with E-state index in [2.05, 4.69) is 31.2 Å². The van der Waals surface area contributed by atoms with Gasteiger partial charge in [-0.15, -0.1) is 0 Å². The molecule has 0 aliphatic carbocycles. The van der Waals surface area contributed by atoms with Crippen molar-refractivity contribution in [3.8, 4) is 0 Å². The molecule has 0 spiro atoms. The lowest BCUT2D eigenvalue weighted by Gasteiger charge is -2.04. The van der Waals surface area contributed by atoms with E-state index < -0.39 is 0 Å². The molecule has 0 amide bonds. The lowest BCUT2D eigenvalue weighted by atomic mass is 10.0. The minimum Gasteiger partial charge on any atom is -0.299 e. The molecule has 0 aromatic heterocycles. The third-order valence-electron chi connectivity index (χ3n) is 3.30. The van der Waals surface area contributed by atoms with Gasteiger partial charge in [-0.2, -0.15) is 0 Å². The zero-order valence-corrected chi connectivity index (χ0v) is 11.6. The summed E-state index contributed by atoms with van der Waals surface area (Å²) in [6.45, 7) is 4.21. The highest BCUT2D eigenvalue weighted by atomic mass is 16.1. The number of rotatable bonds is 8. The van der Waals surface area contributed by atoms with Crippen LogP contribution in [0.25, 0.3) is 5.57 Å². The Kier molecular flexibility index (Phi) is 7.09. The van der Waals surface area contributed by atoms with Crippen LogP contribution in [-0.4, -0.2) is 6.29 Å². The second-order valence-corrected chi connectivity index (χ2v) is 4.85. The van der Waals surface area contributed by atoms with E-state index in [1.807, 2.05) is 6.92 Å². The minimum absolute atomic E-state index is 0.844. The molecule has 0 unspecified atom stereocenters. The molecule has 0 radical (unpaired) electrons. The van der Waals surface area contributed by atoms with Crippen molar-refractivity contribution in [1.82, 2.24) is 0 Å². The Morgan fingerprint density at radius 1 is 1.06 bits per heavy atom. The fraction of sp³-hybridized carbons (Fsp3) is 0.471. The molecule has 98 valence electrons. The predicted molar refractivity (Wildman–Crippen MR) is 78.6 cm³/mol. The van der Waals surface area contributed by atoms with Crippen LogP contribution in [0.5, 0.6) is 0 Å². The van der Waals surface area contributed by atoms with E-state index in [0.29, 0.717) is 0 Å². The molecule has 0 aliphatic rings. The molecule has 18 heavy (non-hydrogen) atoms. The molecule has 0 N–H and O–H groups in total. The van der Waals surface area contributed by atoms with Crippen LogP contribution in [0.15, 0.2) is 30.3 Å². The smallest absolute Gasteiger partial charge is 0.143 e. The van der Waals surface area contributed by atoms with Crippen molar-refractivity contribution in [3.63, 3.8) is 0 Å². The van der Waals surface area contributed by atoms with Crippen LogP contribution in [0.2, 0.25) is 0 Å². The Hall–Kier alpha value is -1.37. The number of hydrogen-bond acceptors (Lipinski definition) is 1. The van der Waals surface area contributed by atoms with E-state index in [-0.39, 0.29) is 0 Å². The zero-order valence-electron chi connectivity index (χ0n) is 11.6. The number of carbonyl (C=O) groups is 1. The van der Waals surface area contributed by atoms with Crippen LogP contribution in [0.3, 0.4) is 0 Å². The molecule has 0 atom stereocenters. The number of aldehydes is 1. The second-order valence-electron chi connectivity index (χ2n) is 4.85. The van der Waals surface area contributed by atoms with Crippen molar-refractivity contribution in [2.45, 2.75) is 52.4 Å². The average Bonchev–Trinajstić information content (AvgIpc) is 2.39. The summed E-state index contributed by atoms with van der Waals surface area (Å²) in [6.07, 6.45) is 10.3. The highest BCUT2D eigenvalue weighted by Gasteiger charge is 1.97. The van der Waals surface area contributed by atoms with Gasteiger partial charge in [0.05, 0.1) is 0 Å². The fourth-order valence-electron chi connectivity index (χ4n) is 2.07. The average molecular weight is 244 g/mol. The summed E-state index contributed by atoms with van der Waals surface area (Å²) in [5, 5.41) is 0. The molecule has 1 aromatic carbocycles. The van der Waals surface area contributed by atoms with E-state index in [9.17, 15) is 4.79 Å². The molecule has 0 bridgehead atoms. The van der Waals surface area contributed by atoms with Gasteiger partial charge in [0.1, 0.15) is 6.29 Å². The number of allylic oxidation sites excluding steroid dienone is 2. The zero-order chi connectivity index (χ0) is 13.2. The standard InChI is InChI=1S/C17H24O/c1-3-4-5-6-7-8-16-9-11-17(12-10-16)15(2)13-14-18/h9-14H,3-8H2,1-2H3. The van der Waals surface area contributed by atoms with E-state index in [1.54, 1.807) is 6.08 Å². The van der Waals surface area contributed by atoms with Gasteiger partial charge in [-0.05, 0) is 42.5 Å².